The lowest BCUT2D eigenvalue weighted by Crippen LogP contribution is -2.42. The lowest BCUT2D eigenvalue weighted by Gasteiger charge is -2.00. The summed E-state index contributed by atoms with van der Waals surface area (Å²) in [7, 11) is 0. The molecule has 1 aliphatic rings. The van der Waals surface area contributed by atoms with Gasteiger partial charge in [-0.1, -0.05) is 6.07 Å². The van der Waals surface area contributed by atoms with Crippen LogP contribution in [0, 0.1) is 0 Å². The predicted octanol–water partition coefficient (Wildman–Crippen LogP) is 1.81. The fourth-order valence-corrected chi connectivity index (χ4v) is 2.09. The van der Waals surface area contributed by atoms with Crippen LogP contribution in [0.15, 0.2) is 16.6 Å². The van der Waals surface area contributed by atoms with Gasteiger partial charge >= 0.3 is 0 Å². The van der Waals surface area contributed by atoms with Crippen LogP contribution in [0.5, 0.6) is 0 Å². The van der Waals surface area contributed by atoms with Gasteiger partial charge in [0.15, 0.2) is 0 Å². The Morgan fingerprint density at radius 1 is 1.27 bits per heavy atom. The molecule has 0 saturated heterocycles. The van der Waals surface area contributed by atoms with Crippen molar-refractivity contribution in [1.82, 2.24) is 0 Å². The Kier molecular flexibility index (Phi) is 1.74. The zero-order chi connectivity index (χ0) is 7.84. The van der Waals surface area contributed by atoms with E-state index in [1.165, 1.54) is 36.1 Å². The lowest BCUT2D eigenvalue weighted by molar-refractivity contribution is -0.256. The topological polar surface area (TPSA) is 27.6 Å². The summed E-state index contributed by atoms with van der Waals surface area (Å²) in [6.07, 6.45) is 3.76. The van der Waals surface area contributed by atoms with E-state index >= 15 is 0 Å². The summed E-state index contributed by atoms with van der Waals surface area (Å²) >= 11 is 3.49. The van der Waals surface area contributed by atoms with Crippen LogP contribution in [0.2, 0.25) is 0 Å². The van der Waals surface area contributed by atoms with Gasteiger partial charge in [0.05, 0.1) is 4.47 Å². The molecule has 1 aromatic rings. The maximum atomic E-state index is 4.04. The molecule has 0 unspecified atom stereocenters. The van der Waals surface area contributed by atoms with E-state index in [0.717, 1.165) is 4.47 Å². The number of aryl methyl sites for hydroxylation is 1. The molecule has 11 heavy (non-hydrogen) atoms. The average molecular weight is 213 g/mol. The van der Waals surface area contributed by atoms with E-state index in [1.54, 1.807) is 0 Å². The van der Waals surface area contributed by atoms with E-state index in [4.69, 9.17) is 0 Å². The minimum Gasteiger partial charge on any atom is -0.324 e. The number of hydrogen-bond donors (Lipinski definition) is 1. The first kappa shape index (κ1) is 7.32. The van der Waals surface area contributed by atoms with Gasteiger partial charge in [0.1, 0.15) is 5.69 Å². The maximum absolute atomic E-state index is 4.04. The van der Waals surface area contributed by atoms with E-state index < -0.39 is 0 Å². The molecule has 0 aliphatic heterocycles. The van der Waals surface area contributed by atoms with Crippen molar-refractivity contribution in [2.45, 2.75) is 19.3 Å². The van der Waals surface area contributed by atoms with E-state index in [9.17, 15) is 0 Å². The van der Waals surface area contributed by atoms with Crippen molar-refractivity contribution in [3.63, 3.8) is 0 Å². The van der Waals surface area contributed by atoms with Crippen molar-refractivity contribution in [3.8, 4) is 0 Å². The van der Waals surface area contributed by atoms with Crippen LogP contribution < -0.4 is 5.73 Å². The highest BCUT2D eigenvalue weighted by molar-refractivity contribution is 9.10. The predicted molar refractivity (Wildman–Crippen MR) is 48.7 cm³/mol. The molecule has 58 valence electrons. The monoisotopic (exact) mass is 212 g/mol. The highest BCUT2D eigenvalue weighted by Crippen LogP contribution is 2.31. The molecular formula is C9H11BrN+. The third-order valence-electron chi connectivity index (χ3n) is 2.34. The Morgan fingerprint density at radius 3 is 2.91 bits per heavy atom. The molecule has 3 N–H and O–H groups in total. The number of quaternary nitrogens is 1. The number of halogens is 1. The molecule has 2 heteroatoms. The van der Waals surface area contributed by atoms with Gasteiger partial charge in [-0.25, -0.2) is 0 Å². The van der Waals surface area contributed by atoms with Crippen molar-refractivity contribution >= 4 is 21.6 Å². The van der Waals surface area contributed by atoms with Gasteiger partial charge in [-0.15, -0.1) is 0 Å². The molecule has 0 bridgehead atoms. The lowest BCUT2D eigenvalue weighted by atomic mass is 10.1. The summed E-state index contributed by atoms with van der Waals surface area (Å²) in [4.78, 5) is 0. The molecule has 0 fully saturated rings. The molecular weight excluding hydrogens is 202 g/mol. The minimum atomic E-state index is 1.15. The van der Waals surface area contributed by atoms with Crippen molar-refractivity contribution in [1.29, 1.82) is 0 Å². The molecule has 0 amide bonds. The van der Waals surface area contributed by atoms with Crippen LogP contribution in [0.3, 0.4) is 0 Å². The third kappa shape index (κ3) is 1.10. The number of benzene rings is 1. The minimum absolute atomic E-state index is 1.15. The quantitative estimate of drug-likeness (QED) is 0.680. The van der Waals surface area contributed by atoms with Crippen molar-refractivity contribution in [2.75, 3.05) is 0 Å². The maximum Gasteiger partial charge on any atom is 0.145 e. The summed E-state index contributed by atoms with van der Waals surface area (Å²) < 4.78 is 1.15. The first-order chi connectivity index (χ1) is 5.29. The smallest absolute Gasteiger partial charge is 0.145 e. The summed E-state index contributed by atoms with van der Waals surface area (Å²) in [5, 5.41) is 0. The second-order valence-electron chi connectivity index (χ2n) is 3.02. The normalized spacial score (nSPS) is 15.1. The van der Waals surface area contributed by atoms with Crippen LogP contribution in [-0.2, 0) is 12.8 Å². The molecule has 0 saturated carbocycles. The fourth-order valence-electron chi connectivity index (χ4n) is 1.71. The Labute approximate surface area is 74.7 Å². The van der Waals surface area contributed by atoms with Crippen LogP contribution in [0.4, 0.5) is 5.69 Å². The van der Waals surface area contributed by atoms with Crippen molar-refractivity contribution < 1.29 is 5.73 Å². The average Bonchev–Trinajstić information content (AvgIpc) is 2.45. The summed E-state index contributed by atoms with van der Waals surface area (Å²) in [6, 6.07) is 4.31. The van der Waals surface area contributed by atoms with Gasteiger partial charge in [-0.3, -0.25) is 0 Å². The molecule has 1 aromatic carbocycles. The van der Waals surface area contributed by atoms with Crippen LogP contribution >= 0.6 is 15.9 Å². The summed E-state index contributed by atoms with van der Waals surface area (Å²) in [6.45, 7) is 0. The van der Waals surface area contributed by atoms with E-state index in [1.807, 2.05) is 0 Å². The molecule has 2 rings (SSSR count). The Bertz CT molecular complexity index is 294. The Balaban J connectivity index is 2.62. The van der Waals surface area contributed by atoms with Crippen LogP contribution in [-0.4, -0.2) is 0 Å². The first-order valence-electron chi connectivity index (χ1n) is 3.91. The first-order valence-corrected chi connectivity index (χ1v) is 4.70. The zero-order valence-corrected chi connectivity index (χ0v) is 7.95. The molecule has 1 aliphatic carbocycles. The summed E-state index contributed by atoms with van der Waals surface area (Å²) in [5.41, 5.74) is 8.21. The van der Waals surface area contributed by atoms with Gasteiger partial charge in [0.2, 0.25) is 0 Å². The standard InChI is InChI=1S/C9H10BrN/c10-8-5-4-6-2-1-3-7(6)9(8)11/h4-5H,1-3,11H2/p+1. The molecule has 0 heterocycles. The molecule has 0 radical (unpaired) electrons. The number of rotatable bonds is 0. The third-order valence-corrected chi connectivity index (χ3v) is 3.09. The Morgan fingerprint density at radius 2 is 2.09 bits per heavy atom. The second-order valence-corrected chi connectivity index (χ2v) is 3.87. The molecule has 0 aromatic heterocycles. The van der Waals surface area contributed by atoms with Gasteiger partial charge < -0.3 is 5.73 Å². The van der Waals surface area contributed by atoms with E-state index in [2.05, 4.69) is 33.8 Å². The summed E-state index contributed by atoms with van der Waals surface area (Å²) in [5.74, 6) is 0. The largest absolute Gasteiger partial charge is 0.324 e. The van der Waals surface area contributed by atoms with Crippen LogP contribution in [0.1, 0.15) is 17.5 Å². The van der Waals surface area contributed by atoms with Gasteiger partial charge in [-0.2, -0.15) is 0 Å². The second kappa shape index (κ2) is 2.61. The highest BCUT2D eigenvalue weighted by atomic mass is 79.9. The van der Waals surface area contributed by atoms with Crippen molar-refractivity contribution in [2.24, 2.45) is 0 Å². The van der Waals surface area contributed by atoms with Gasteiger partial charge in [0.25, 0.3) is 0 Å². The Hall–Kier alpha value is -0.340. The fraction of sp³-hybridized carbons (Fsp3) is 0.333. The van der Waals surface area contributed by atoms with Crippen LogP contribution in [0.25, 0.3) is 0 Å². The van der Waals surface area contributed by atoms with Crippen molar-refractivity contribution in [3.05, 3.63) is 27.7 Å². The number of hydrogen-bond acceptors (Lipinski definition) is 0. The van der Waals surface area contributed by atoms with E-state index in [0.29, 0.717) is 0 Å². The zero-order valence-electron chi connectivity index (χ0n) is 6.36. The molecule has 0 atom stereocenters. The number of fused-ring (bicyclic) bond motifs is 1. The molecule has 1 nitrogen and oxygen atoms in total. The van der Waals surface area contributed by atoms with E-state index in [-0.39, 0.29) is 0 Å². The highest BCUT2D eigenvalue weighted by Gasteiger charge is 2.16. The van der Waals surface area contributed by atoms with Gasteiger partial charge in [-0.05, 0) is 46.8 Å². The molecule has 0 spiro atoms. The van der Waals surface area contributed by atoms with Gasteiger partial charge in [0, 0.05) is 5.56 Å². The SMILES string of the molecule is [NH3+]c1c(Br)ccc2c1CCC2.